The van der Waals surface area contributed by atoms with Gasteiger partial charge in [-0.2, -0.15) is 14.7 Å². The smallest absolute Gasteiger partial charge is 0.260 e. The number of carbonyl (C=O) groups is 1. The predicted molar refractivity (Wildman–Crippen MR) is 121 cm³/mol. The molecule has 158 valence electrons. The average molecular weight is 424 g/mol. The third-order valence-corrected chi connectivity index (χ3v) is 5.13. The van der Waals surface area contributed by atoms with Gasteiger partial charge in [-0.25, -0.2) is 9.67 Å². The van der Waals surface area contributed by atoms with Gasteiger partial charge >= 0.3 is 0 Å². The zero-order valence-corrected chi connectivity index (χ0v) is 17.6. The van der Waals surface area contributed by atoms with E-state index in [-0.39, 0.29) is 5.91 Å². The van der Waals surface area contributed by atoms with E-state index in [0.717, 1.165) is 16.8 Å². The van der Waals surface area contributed by atoms with Crippen molar-refractivity contribution in [1.82, 2.24) is 24.4 Å². The standard InChI is InChI=1S/C24H20N6O2/c1-16-6-8-18(9-7-16)29-15-20(23(28-29)17-4-3-5-19(14-17)32-2)24(31)27-22-10-12-25-21-11-13-26-30(21)22/h3-15H,1-2H3,(H,27,31). The molecule has 0 unspecified atom stereocenters. The molecule has 0 radical (unpaired) electrons. The lowest BCUT2D eigenvalue weighted by molar-refractivity contribution is 0.102. The number of anilines is 1. The molecule has 0 saturated carbocycles. The molecule has 3 aromatic heterocycles. The zero-order chi connectivity index (χ0) is 22.1. The molecule has 0 fully saturated rings. The minimum Gasteiger partial charge on any atom is -0.497 e. The number of ether oxygens (including phenoxy) is 1. The van der Waals surface area contributed by atoms with E-state index in [4.69, 9.17) is 9.84 Å². The monoisotopic (exact) mass is 424 g/mol. The van der Waals surface area contributed by atoms with Crippen LogP contribution in [0.5, 0.6) is 5.75 Å². The predicted octanol–water partition coefficient (Wildman–Crippen LogP) is 4.15. The lowest BCUT2D eigenvalue weighted by atomic mass is 10.1. The highest BCUT2D eigenvalue weighted by atomic mass is 16.5. The van der Waals surface area contributed by atoms with Crippen LogP contribution >= 0.6 is 0 Å². The molecule has 0 saturated heterocycles. The molecule has 0 aliphatic heterocycles. The molecule has 5 aromatic rings. The van der Waals surface area contributed by atoms with E-state index in [1.807, 2.05) is 55.5 Å². The van der Waals surface area contributed by atoms with Gasteiger partial charge in [0.05, 0.1) is 24.6 Å². The molecule has 32 heavy (non-hydrogen) atoms. The van der Waals surface area contributed by atoms with Crippen LogP contribution in [0.2, 0.25) is 0 Å². The third kappa shape index (κ3) is 3.58. The number of fused-ring (bicyclic) bond motifs is 1. The Morgan fingerprint density at radius 3 is 2.69 bits per heavy atom. The molecular weight excluding hydrogens is 404 g/mol. The van der Waals surface area contributed by atoms with Gasteiger partial charge in [0.25, 0.3) is 5.91 Å². The highest BCUT2D eigenvalue weighted by Gasteiger charge is 2.20. The minimum atomic E-state index is -0.302. The molecule has 3 heterocycles. The Labute approximate surface area is 184 Å². The number of nitrogens with zero attached hydrogens (tertiary/aromatic N) is 5. The molecule has 0 aliphatic rings. The van der Waals surface area contributed by atoms with E-state index < -0.39 is 0 Å². The van der Waals surface area contributed by atoms with Gasteiger partial charge in [-0.1, -0.05) is 29.8 Å². The molecule has 0 spiro atoms. The number of hydrogen-bond acceptors (Lipinski definition) is 5. The molecular formula is C24H20N6O2. The molecule has 1 N–H and O–H groups in total. The van der Waals surface area contributed by atoms with Crippen LogP contribution in [-0.4, -0.2) is 37.4 Å². The Morgan fingerprint density at radius 2 is 1.88 bits per heavy atom. The summed E-state index contributed by atoms with van der Waals surface area (Å²) in [4.78, 5) is 17.6. The number of aryl methyl sites for hydroxylation is 1. The summed E-state index contributed by atoms with van der Waals surface area (Å²) in [5.74, 6) is 0.903. The van der Waals surface area contributed by atoms with Gasteiger partial charge in [-0.05, 0) is 37.3 Å². The average Bonchev–Trinajstić information content (AvgIpc) is 3.48. The van der Waals surface area contributed by atoms with Crippen molar-refractivity contribution in [2.45, 2.75) is 6.92 Å². The molecule has 8 heteroatoms. The van der Waals surface area contributed by atoms with Crippen LogP contribution in [0.15, 0.2) is 79.3 Å². The van der Waals surface area contributed by atoms with E-state index >= 15 is 0 Å². The van der Waals surface area contributed by atoms with Crippen LogP contribution in [0.1, 0.15) is 15.9 Å². The minimum absolute atomic E-state index is 0.302. The number of amides is 1. The molecule has 0 aliphatic carbocycles. The second-order valence-electron chi connectivity index (χ2n) is 7.29. The van der Waals surface area contributed by atoms with Gasteiger partial charge in [-0.15, -0.1) is 0 Å². The first-order valence-corrected chi connectivity index (χ1v) is 10.0. The second kappa shape index (κ2) is 7.99. The summed E-state index contributed by atoms with van der Waals surface area (Å²) < 4.78 is 8.65. The van der Waals surface area contributed by atoms with Crippen molar-refractivity contribution in [2.75, 3.05) is 12.4 Å². The molecule has 2 aromatic carbocycles. The molecule has 1 amide bonds. The maximum absolute atomic E-state index is 13.4. The van der Waals surface area contributed by atoms with Crippen LogP contribution < -0.4 is 10.1 Å². The zero-order valence-electron chi connectivity index (χ0n) is 17.6. The first kappa shape index (κ1) is 19.5. The normalized spacial score (nSPS) is 10.9. The first-order valence-electron chi connectivity index (χ1n) is 10.0. The second-order valence-corrected chi connectivity index (χ2v) is 7.29. The van der Waals surface area contributed by atoms with Gasteiger partial charge in [0.1, 0.15) is 17.3 Å². The summed E-state index contributed by atoms with van der Waals surface area (Å²) in [6, 6.07) is 18.9. The fraction of sp³-hybridized carbons (Fsp3) is 0.0833. The number of nitrogens with one attached hydrogen (secondary N) is 1. The maximum atomic E-state index is 13.4. The fourth-order valence-electron chi connectivity index (χ4n) is 3.47. The molecule has 0 bridgehead atoms. The maximum Gasteiger partial charge on any atom is 0.260 e. The lowest BCUT2D eigenvalue weighted by Gasteiger charge is -2.07. The lowest BCUT2D eigenvalue weighted by Crippen LogP contribution is -2.15. The Morgan fingerprint density at radius 1 is 1.03 bits per heavy atom. The Kier molecular flexibility index (Phi) is 4.87. The van der Waals surface area contributed by atoms with Crippen molar-refractivity contribution in [3.05, 3.63) is 90.4 Å². The SMILES string of the molecule is COc1cccc(-c2nn(-c3ccc(C)cc3)cc2C(=O)Nc2ccnc3ccnn23)c1. The van der Waals surface area contributed by atoms with Crippen molar-refractivity contribution in [2.24, 2.45) is 0 Å². The number of methoxy groups -OCH3 is 1. The first-order chi connectivity index (χ1) is 15.6. The Balaban J connectivity index is 1.59. The fourth-order valence-corrected chi connectivity index (χ4v) is 3.47. The van der Waals surface area contributed by atoms with Gasteiger partial charge in [0, 0.05) is 24.0 Å². The van der Waals surface area contributed by atoms with Crippen molar-refractivity contribution in [3.63, 3.8) is 0 Å². The van der Waals surface area contributed by atoms with Gasteiger partial charge in [0.2, 0.25) is 0 Å². The van der Waals surface area contributed by atoms with Gasteiger partial charge < -0.3 is 10.1 Å². The summed E-state index contributed by atoms with van der Waals surface area (Å²) in [5, 5.41) is 11.9. The number of rotatable bonds is 5. The largest absolute Gasteiger partial charge is 0.497 e. The Bertz CT molecular complexity index is 1420. The quantitative estimate of drug-likeness (QED) is 0.458. The van der Waals surface area contributed by atoms with E-state index in [1.165, 1.54) is 0 Å². The Hall–Kier alpha value is -4.46. The summed E-state index contributed by atoms with van der Waals surface area (Å²) in [6.45, 7) is 2.03. The third-order valence-electron chi connectivity index (χ3n) is 5.13. The van der Waals surface area contributed by atoms with Gasteiger partial charge in [-0.3, -0.25) is 4.79 Å². The topological polar surface area (TPSA) is 86.3 Å². The number of benzene rings is 2. The summed E-state index contributed by atoms with van der Waals surface area (Å²) in [6.07, 6.45) is 5.00. The van der Waals surface area contributed by atoms with E-state index in [1.54, 1.807) is 47.0 Å². The molecule has 5 rings (SSSR count). The van der Waals surface area contributed by atoms with Crippen molar-refractivity contribution >= 4 is 17.4 Å². The molecule has 8 nitrogen and oxygen atoms in total. The number of aromatic nitrogens is 5. The number of carbonyl (C=O) groups excluding carboxylic acids is 1. The van der Waals surface area contributed by atoms with Crippen LogP contribution in [0.4, 0.5) is 5.82 Å². The molecule has 0 atom stereocenters. The van der Waals surface area contributed by atoms with E-state index in [2.05, 4.69) is 15.4 Å². The highest BCUT2D eigenvalue weighted by Crippen LogP contribution is 2.27. The van der Waals surface area contributed by atoms with Crippen LogP contribution in [0.3, 0.4) is 0 Å². The highest BCUT2D eigenvalue weighted by molar-refractivity contribution is 6.07. The number of hydrogen-bond donors (Lipinski definition) is 1. The van der Waals surface area contributed by atoms with E-state index in [0.29, 0.717) is 28.5 Å². The van der Waals surface area contributed by atoms with Crippen LogP contribution in [-0.2, 0) is 0 Å². The van der Waals surface area contributed by atoms with Crippen LogP contribution in [0.25, 0.3) is 22.6 Å². The summed E-state index contributed by atoms with van der Waals surface area (Å²) in [7, 11) is 1.61. The van der Waals surface area contributed by atoms with Crippen molar-refractivity contribution < 1.29 is 9.53 Å². The van der Waals surface area contributed by atoms with Gasteiger partial charge in [0.15, 0.2) is 5.65 Å². The van der Waals surface area contributed by atoms with Crippen molar-refractivity contribution in [3.8, 4) is 22.7 Å². The van der Waals surface area contributed by atoms with Crippen LogP contribution in [0, 0.1) is 6.92 Å². The van der Waals surface area contributed by atoms with Crippen molar-refractivity contribution in [1.29, 1.82) is 0 Å². The van der Waals surface area contributed by atoms with E-state index in [9.17, 15) is 4.79 Å². The summed E-state index contributed by atoms with van der Waals surface area (Å²) >= 11 is 0. The summed E-state index contributed by atoms with van der Waals surface area (Å²) in [5.41, 5.74) is 4.40.